The van der Waals surface area contributed by atoms with Gasteiger partial charge in [-0.15, -0.1) is 0 Å². The molecule has 0 saturated heterocycles. The molecule has 1 aromatic rings. The first kappa shape index (κ1) is 11.5. The maximum atomic E-state index is 12.1. The second-order valence-corrected chi connectivity index (χ2v) is 4.17. The van der Waals surface area contributed by atoms with Crippen molar-refractivity contribution in [3.05, 3.63) is 23.1 Å². The third-order valence-corrected chi connectivity index (χ3v) is 2.93. The molecule has 0 aromatic carbocycles. The minimum Gasteiger partial charge on any atom is -0.452 e. The van der Waals surface area contributed by atoms with Gasteiger partial charge in [-0.1, -0.05) is 0 Å². The molecule has 0 unspecified atom stereocenters. The number of ether oxygens (including phenoxy) is 1. The van der Waals surface area contributed by atoms with Gasteiger partial charge in [0.1, 0.15) is 0 Å². The molecule has 1 heterocycles. The van der Waals surface area contributed by atoms with Gasteiger partial charge < -0.3 is 14.1 Å². The van der Waals surface area contributed by atoms with Gasteiger partial charge in [-0.25, -0.2) is 0 Å². The van der Waals surface area contributed by atoms with Crippen LogP contribution >= 0.6 is 11.6 Å². The number of methoxy groups -OCH3 is 1. The van der Waals surface area contributed by atoms with Crippen LogP contribution in [0.4, 0.5) is 0 Å². The van der Waals surface area contributed by atoms with Crippen LogP contribution in [-0.2, 0) is 4.74 Å². The zero-order valence-electron chi connectivity index (χ0n) is 9.11. The summed E-state index contributed by atoms with van der Waals surface area (Å²) in [6.45, 7) is 1.14. The smallest absolute Gasteiger partial charge is 0.259 e. The maximum Gasteiger partial charge on any atom is 0.259 e. The Hall–Kier alpha value is -1.00. The molecule has 1 aromatic heterocycles. The zero-order valence-corrected chi connectivity index (χ0v) is 9.87. The van der Waals surface area contributed by atoms with Crippen molar-refractivity contribution in [2.45, 2.75) is 18.9 Å². The molecule has 0 atom stereocenters. The lowest BCUT2D eigenvalue weighted by Crippen LogP contribution is -2.35. The van der Waals surface area contributed by atoms with Gasteiger partial charge in [0, 0.05) is 19.7 Å². The van der Waals surface area contributed by atoms with Crippen LogP contribution in [-0.4, -0.2) is 37.1 Å². The van der Waals surface area contributed by atoms with Gasteiger partial charge in [0.2, 0.25) is 5.22 Å². The molecule has 1 fully saturated rings. The van der Waals surface area contributed by atoms with E-state index in [4.69, 9.17) is 20.8 Å². The molecule has 0 bridgehead atoms. The molecule has 2 rings (SSSR count). The maximum absolute atomic E-state index is 12.1. The Kier molecular flexibility index (Phi) is 3.51. The van der Waals surface area contributed by atoms with Crippen LogP contribution in [0.25, 0.3) is 0 Å². The van der Waals surface area contributed by atoms with Gasteiger partial charge in [-0.05, 0) is 30.5 Å². The van der Waals surface area contributed by atoms with E-state index in [-0.39, 0.29) is 11.1 Å². The van der Waals surface area contributed by atoms with Crippen molar-refractivity contribution >= 4 is 17.5 Å². The number of furan rings is 1. The van der Waals surface area contributed by atoms with Crippen LogP contribution in [0.15, 0.2) is 16.7 Å². The summed E-state index contributed by atoms with van der Waals surface area (Å²) in [5, 5.41) is 0.160. The fourth-order valence-corrected chi connectivity index (χ4v) is 1.82. The number of carbonyl (C=O) groups excluding carboxylic acids is 1. The fraction of sp³-hybridized carbons (Fsp3) is 0.545. The Morgan fingerprint density at radius 3 is 2.94 bits per heavy atom. The van der Waals surface area contributed by atoms with E-state index >= 15 is 0 Å². The van der Waals surface area contributed by atoms with E-state index in [0.717, 1.165) is 12.8 Å². The third kappa shape index (κ3) is 2.39. The van der Waals surface area contributed by atoms with Gasteiger partial charge >= 0.3 is 0 Å². The number of carbonyl (C=O) groups is 1. The molecule has 1 aliphatic carbocycles. The summed E-state index contributed by atoms with van der Waals surface area (Å²) in [5.74, 6) is -0.0710. The Labute approximate surface area is 99.1 Å². The zero-order chi connectivity index (χ0) is 11.5. The first-order valence-corrected chi connectivity index (χ1v) is 5.64. The highest BCUT2D eigenvalue weighted by Crippen LogP contribution is 2.29. The van der Waals surface area contributed by atoms with E-state index in [2.05, 4.69) is 0 Å². The SMILES string of the molecule is COCCN(C(=O)c1ccoc1Cl)C1CC1. The van der Waals surface area contributed by atoms with E-state index in [1.807, 2.05) is 0 Å². The monoisotopic (exact) mass is 243 g/mol. The number of nitrogens with zero attached hydrogens (tertiary/aromatic N) is 1. The third-order valence-electron chi connectivity index (χ3n) is 2.63. The van der Waals surface area contributed by atoms with Crippen LogP contribution in [0.3, 0.4) is 0 Å². The molecular formula is C11H14ClNO3. The lowest BCUT2D eigenvalue weighted by atomic mass is 10.3. The van der Waals surface area contributed by atoms with E-state index in [1.54, 1.807) is 18.1 Å². The molecule has 0 aliphatic heterocycles. The molecule has 0 radical (unpaired) electrons. The van der Waals surface area contributed by atoms with Crippen molar-refractivity contribution in [3.8, 4) is 0 Å². The highest BCUT2D eigenvalue weighted by molar-refractivity contribution is 6.32. The van der Waals surface area contributed by atoms with Crippen LogP contribution in [0.1, 0.15) is 23.2 Å². The minimum absolute atomic E-state index is 0.0710. The summed E-state index contributed by atoms with van der Waals surface area (Å²) < 4.78 is 9.92. The standard InChI is InChI=1S/C11H14ClNO3/c1-15-7-5-13(8-2-3-8)11(14)9-4-6-16-10(9)12/h4,6,8H,2-3,5,7H2,1H3. The fourth-order valence-electron chi connectivity index (χ4n) is 1.63. The molecule has 5 heteroatoms. The lowest BCUT2D eigenvalue weighted by Gasteiger charge is -2.21. The van der Waals surface area contributed by atoms with Crippen LogP contribution in [0.2, 0.25) is 5.22 Å². The molecule has 0 N–H and O–H groups in total. The molecule has 1 amide bonds. The van der Waals surface area contributed by atoms with Crippen LogP contribution in [0.5, 0.6) is 0 Å². The van der Waals surface area contributed by atoms with Crippen molar-refractivity contribution in [3.63, 3.8) is 0 Å². The normalized spacial score (nSPS) is 15.1. The Morgan fingerprint density at radius 2 is 2.44 bits per heavy atom. The molecule has 16 heavy (non-hydrogen) atoms. The molecule has 88 valence electrons. The molecular weight excluding hydrogens is 230 g/mol. The van der Waals surface area contributed by atoms with Crippen LogP contribution in [0, 0.1) is 0 Å². The van der Waals surface area contributed by atoms with Gasteiger partial charge in [0.05, 0.1) is 18.4 Å². The predicted octanol–water partition coefficient (Wildman–Crippen LogP) is 2.18. The van der Waals surface area contributed by atoms with E-state index < -0.39 is 0 Å². The Morgan fingerprint density at radius 1 is 1.69 bits per heavy atom. The highest BCUT2D eigenvalue weighted by Gasteiger charge is 2.33. The number of rotatable bonds is 5. The average Bonchev–Trinajstić information content (AvgIpc) is 3.01. The molecule has 1 aliphatic rings. The number of amides is 1. The highest BCUT2D eigenvalue weighted by atomic mass is 35.5. The predicted molar refractivity (Wildman–Crippen MR) is 59.7 cm³/mol. The lowest BCUT2D eigenvalue weighted by molar-refractivity contribution is 0.0679. The number of hydrogen-bond donors (Lipinski definition) is 0. The Bertz CT molecular complexity index is 373. The Balaban J connectivity index is 2.08. The largest absolute Gasteiger partial charge is 0.452 e. The van der Waals surface area contributed by atoms with Crippen molar-refractivity contribution in [1.29, 1.82) is 0 Å². The van der Waals surface area contributed by atoms with Gasteiger partial charge in [0.25, 0.3) is 5.91 Å². The number of halogens is 1. The van der Waals surface area contributed by atoms with E-state index in [0.29, 0.717) is 24.8 Å². The van der Waals surface area contributed by atoms with E-state index in [1.165, 1.54) is 6.26 Å². The second kappa shape index (κ2) is 4.89. The topological polar surface area (TPSA) is 42.7 Å². The number of hydrogen-bond acceptors (Lipinski definition) is 3. The average molecular weight is 244 g/mol. The molecule has 1 saturated carbocycles. The minimum atomic E-state index is -0.0710. The van der Waals surface area contributed by atoms with Crippen molar-refractivity contribution < 1.29 is 13.9 Å². The van der Waals surface area contributed by atoms with E-state index in [9.17, 15) is 4.79 Å². The van der Waals surface area contributed by atoms with Crippen molar-refractivity contribution in [2.75, 3.05) is 20.3 Å². The quantitative estimate of drug-likeness (QED) is 0.796. The van der Waals surface area contributed by atoms with Crippen LogP contribution < -0.4 is 0 Å². The summed E-state index contributed by atoms with van der Waals surface area (Å²) in [7, 11) is 1.63. The first-order chi connectivity index (χ1) is 7.74. The molecule has 0 spiro atoms. The molecule has 4 nitrogen and oxygen atoms in total. The van der Waals surface area contributed by atoms with Gasteiger partial charge in [-0.3, -0.25) is 4.79 Å². The summed E-state index contributed by atoms with van der Waals surface area (Å²) in [4.78, 5) is 13.9. The van der Waals surface area contributed by atoms with Crippen molar-refractivity contribution in [2.24, 2.45) is 0 Å². The van der Waals surface area contributed by atoms with Gasteiger partial charge in [0.15, 0.2) is 0 Å². The first-order valence-electron chi connectivity index (χ1n) is 5.27. The summed E-state index contributed by atoms with van der Waals surface area (Å²) in [5.41, 5.74) is 0.435. The summed E-state index contributed by atoms with van der Waals surface area (Å²) in [6, 6.07) is 1.95. The summed E-state index contributed by atoms with van der Waals surface area (Å²) in [6.07, 6.45) is 3.55. The summed E-state index contributed by atoms with van der Waals surface area (Å²) >= 11 is 5.79. The van der Waals surface area contributed by atoms with Gasteiger partial charge in [-0.2, -0.15) is 0 Å². The second-order valence-electron chi connectivity index (χ2n) is 3.83. The van der Waals surface area contributed by atoms with Crippen molar-refractivity contribution in [1.82, 2.24) is 4.90 Å².